The van der Waals surface area contributed by atoms with E-state index in [1.54, 1.807) is 16.9 Å². The van der Waals surface area contributed by atoms with Gasteiger partial charge in [-0.1, -0.05) is 24.2 Å². The van der Waals surface area contributed by atoms with Gasteiger partial charge in [0.15, 0.2) is 0 Å². The lowest BCUT2D eigenvalue weighted by molar-refractivity contribution is 0.0930. The second kappa shape index (κ2) is 7.32. The Kier molecular flexibility index (Phi) is 4.72. The molecule has 0 unspecified atom stereocenters. The summed E-state index contributed by atoms with van der Waals surface area (Å²) >= 11 is 0. The van der Waals surface area contributed by atoms with Gasteiger partial charge in [0, 0.05) is 18.2 Å². The van der Waals surface area contributed by atoms with Crippen molar-refractivity contribution in [3.63, 3.8) is 0 Å². The van der Waals surface area contributed by atoms with Crippen molar-refractivity contribution in [3.05, 3.63) is 53.2 Å². The molecule has 2 N–H and O–H groups in total. The number of aryl methyl sites for hydroxylation is 2. The Labute approximate surface area is 156 Å². The summed E-state index contributed by atoms with van der Waals surface area (Å²) in [4.78, 5) is 16.8. The Bertz CT molecular complexity index is 962. The first-order valence-corrected chi connectivity index (χ1v) is 9.09. The van der Waals surface area contributed by atoms with Crippen molar-refractivity contribution < 1.29 is 14.4 Å². The van der Waals surface area contributed by atoms with Crippen LogP contribution >= 0.6 is 0 Å². The minimum atomic E-state index is -0.209. The number of nitrogens with zero attached hydrogens (tertiary/aromatic N) is 4. The maximum absolute atomic E-state index is 12.5. The normalized spacial score (nSPS) is 15.7. The van der Waals surface area contributed by atoms with E-state index in [-0.39, 0.29) is 18.6 Å². The van der Waals surface area contributed by atoms with Gasteiger partial charge < -0.3 is 14.9 Å². The van der Waals surface area contributed by atoms with Crippen molar-refractivity contribution >= 4 is 5.91 Å². The van der Waals surface area contributed by atoms with Gasteiger partial charge in [-0.25, -0.2) is 0 Å². The first kappa shape index (κ1) is 17.4. The summed E-state index contributed by atoms with van der Waals surface area (Å²) in [6.07, 6.45) is 4.12. The molecule has 1 atom stereocenters. The van der Waals surface area contributed by atoms with Gasteiger partial charge in [0.1, 0.15) is 5.69 Å². The fourth-order valence-corrected chi connectivity index (χ4v) is 3.36. The van der Waals surface area contributed by atoms with E-state index < -0.39 is 0 Å². The minimum absolute atomic E-state index is 0.0127. The summed E-state index contributed by atoms with van der Waals surface area (Å²) in [5, 5.41) is 20.2. The second-order valence-corrected chi connectivity index (χ2v) is 6.53. The molecule has 8 heteroatoms. The lowest BCUT2D eigenvalue weighted by Gasteiger charge is -2.13. The number of carbonyl (C=O) groups excluding carboxylic acids is 1. The van der Waals surface area contributed by atoms with E-state index in [9.17, 15) is 4.79 Å². The number of fused-ring (bicyclic) bond motifs is 1. The van der Waals surface area contributed by atoms with Crippen LogP contribution in [0.3, 0.4) is 0 Å². The zero-order valence-corrected chi connectivity index (χ0v) is 15.1. The lowest BCUT2D eigenvalue weighted by atomic mass is 10.0. The number of hydrogen-bond donors (Lipinski definition) is 2. The molecule has 0 radical (unpaired) electrons. The SMILES string of the molecule is CCc1nc(-c2ccc3c(c2)CC[C@H]3NC(=O)c2ccn(CCO)n2)no1. The summed E-state index contributed by atoms with van der Waals surface area (Å²) in [5.74, 6) is 1.01. The molecule has 0 bridgehead atoms. The molecule has 0 fully saturated rings. The largest absolute Gasteiger partial charge is 0.394 e. The van der Waals surface area contributed by atoms with Gasteiger partial charge in [0.2, 0.25) is 11.7 Å². The molecule has 8 nitrogen and oxygen atoms in total. The second-order valence-electron chi connectivity index (χ2n) is 6.53. The van der Waals surface area contributed by atoms with E-state index in [2.05, 4.69) is 26.6 Å². The van der Waals surface area contributed by atoms with E-state index in [1.807, 2.05) is 19.1 Å². The molecule has 2 heterocycles. The van der Waals surface area contributed by atoms with Gasteiger partial charge in [0.05, 0.1) is 19.2 Å². The first-order valence-electron chi connectivity index (χ1n) is 9.09. The highest BCUT2D eigenvalue weighted by Gasteiger charge is 2.26. The van der Waals surface area contributed by atoms with Gasteiger partial charge >= 0.3 is 0 Å². The van der Waals surface area contributed by atoms with Crippen LogP contribution in [-0.2, 0) is 19.4 Å². The number of amides is 1. The quantitative estimate of drug-likeness (QED) is 0.689. The number of rotatable bonds is 6. The van der Waals surface area contributed by atoms with E-state index in [0.717, 1.165) is 24.0 Å². The van der Waals surface area contributed by atoms with Crippen LogP contribution in [0.15, 0.2) is 35.0 Å². The molecule has 0 saturated carbocycles. The van der Waals surface area contributed by atoms with Crippen LogP contribution in [0.5, 0.6) is 0 Å². The molecule has 0 saturated heterocycles. The van der Waals surface area contributed by atoms with Gasteiger partial charge in [0.25, 0.3) is 5.91 Å². The Morgan fingerprint density at radius 3 is 3.07 bits per heavy atom. The zero-order valence-electron chi connectivity index (χ0n) is 15.1. The molecule has 1 amide bonds. The Hall–Kier alpha value is -3.00. The van der Waals surface area contributed by atoms with E-state index >= 15 is 0 Å². The predicted molar refractivity (Wildman–Crippen MR) is 97.0 cm³/mol. The van der Waals surface area contributed by atoms with Crippen LogP contribution in [0, 0.1) is 0 Å². The van der Waals surface area contributed by atoms with Gasteiger partial charge in [-0.15, -0.1) is 0 Å². The number of aromatic nitrogens is 4. The third-order valence-electron chi connectivity index (χ3n) is 4.76. The number of hydrogen-bond acceptors (Lipinski definition) is 6. The molecule has 3 aromatic rings. The van der Waals surface area contributed by atoms with Crippen LogP contribution in [0.2, 0.25) is 0 Å². The van der Waals surface area contributed by atoms with Crippen LogP contribution < -0.4 is 5.32 Å². The summed E-state index contributed by atoms with van der Waals surface area (Å²) in [5.41, 5.74) is 3.58. The monoisotopic (exact) mass is 367 g/mol. The van der Waals surface area contributed by atoms with Gasteiger partial charge in [-0.2, -0.15) is 10.1 Å². The molecule has 2 aromatic heterocycles. The lowest BCUT2D eigenvalue weighted by Crippen LogP contribution is -2.27. The highest BCUT2D eigenvalue weighted by Crippen LogP contribution is 2.33. The average molecular weight is 367 g/mol. The number of aliphatic hydroxyl groups excluding tert-OH is 1. The minimum Gasteiger partial charge on any atom is -0.394 e. The predicted octanol–water partition coefficient (Wildman–Crippen LogP) is 1.91. The maximum Gasteiger partial charge on any atom is 0.272 e. The summed E-state index contributed by atoms with van der Waals surface area (Å²) in [6, 6.07) is 7.67. The highest BCUT2D eigenvalue weighted by atomic mass is 16.5. The molecule has 1 aliphatic carbocycles. The molecular formula is C19H21N5O3. The Morgan fingerprint density at radius 1 is 1.41 bits per heavy atom. The highest BCUT2D eigenvalue weighted by molar-refractivity contribution is 5.92. The van der Waals surface area contributed by atoms with E-state index in [0.29, 0.717) is 30.4 Å². The topological polar surface area (TPSA) is 106 Å². The summed E-state index contributed by atoms with van der Waals surface area (Å²) in [7, 11) is 0. The van der Waals surface area contributed by atoms with Crippen LogP contribution in [-0.4, -0.2) is 37.5 Å². The van der Waals surface area contributed by atoms with Crippen molar-refractivity contribution in [3.8, 4) is 11.4 Å². The average Bonchev–Trinajstić information content (AvgIpc) is 3.41. The third-order valence-corrected chi connectivity index (χ3v) is 4.76. The number of nitrogens with one attached hydrogen (secondary N) is 1. The summed E-state index contributed by atoms with van der Waals surface area (Å²) in [6.45, 7) is 2.33. The van der Waals surface area contributed by atoms with Crippen molar-refractivity contribution in [2.24, 2.45) is 0 Å². The Morgan fingerprint density at radius 2 is 2.30 bits per heavy atom. The van der Waals surface area contributed by atoms with Crippen LogP contribution in [0.1, 0.15) is 46.9 Å². The smallest absolute Gasteiger partial charge is 0.272 e. The molecule has 140 valence electrons. The van der Waals surface area contributed by atoms with E-state index in [1.165, 1.54) is 5.56 Å². The van der Waals surface area contributed by atoms with Crippen molar-refractivity contribution in [1.29, 1.82) is 0 Å². The maximum atomic E-state index is 12.5. The molecule has 1 aromatic carbocycles. The number of carbonyl (C=O) groups is 1. The van der Waals surface area contributed by atoms with Crippen molar-refractivity contribution in [1.82, 2.24) is 25.2 Å². The number of aliphatic hydroxyl groups is 1. The Balaban J connectivity index is 1.49. The van der Waals surface area contributed by atoms with Gasteiger partial charge in [-0.3, -0.25) is 9.48 Å². The van der Waals surface area contributed by atoms with E-state index in [4.69, 9.17) is 9.63 Å². The third kappa shape index (κ3) is 3.48. The standard InChI is InChI=1S/C19H21N5O3/c1-2-17-21-18(23-27-17)13-3-5-14-12(11-13)4-6-15(14)20-19(26)16-7-8-24(22-16)9-10-25/h3,5,7-8,11,15,25H,2,4,6,9-10H2,1H3,(H,20,26)/t15-/m1/s1. The molecule has 0 spiro atoms. The fraction of sp³-hybridized carbons (Fsp3) is 0.368. The van der Waals surface area contributed by atoms with Crippen molar-refractivity contribution in [2.45, 2.75) is 38.8 Å². The molecular weight excluding hydrogens is 346 g/mol. The molecule has 0 aliphatic heterocycles. The van der Waals surface area contributed by atoms with Crippen LogP contribution in [0.25, 0.3) is 11.4 Å². The molecule has 1 aliphatic rings. The van der Waals surface area contributed by atoms with Gasteiger partial charge in [-0.05, 0) is 36.1 Å². The van der Waals surface area contributed by atoms with Crippen LogP contribution in [0.4, 0.5) is 0 Å². The molecule has 4 rings (SSSR count). The molecule has 27 heavy (non-hydrogen) atoms. The summed E-state index contributed by atoms with van der Waals surface area (Å²) < 4.78 is 6.74. The fourth-order valence-electron chi connectivity index (χ4n) is 3.36. The first-order chi connectivity index (χ1) is 13.2. The number of benzene rings is 1. The zero-order chi connectivity index (χ0) is 18.8. The van der Waals surface area contributed by atoms with Crippen molar-refractivity contribution in [2.75, 3.05) is 6.61 Å².